The third kappa shape index (κ3) is 4.31. The predicted octanol–water partition coefficient (Wildman–Crippen LogP) is 3.74. The maximum Gasteiger partial charge on any atom is 0.274 e. The Morgan fingerprint density at radius 2 is 1.83 bits per heavy atom. The van der Waals surface area contributed by atoms with Crippen LogP contribution in [-0.2, 0) is 17.8 Å². The monoisotopic (exact) mass is 396 g/mol. The van der Waals surface area contributed by atoms with Gasteiger partial charge >= 0.3 is 0 Å². The summed E-state index contributed by atoms with van der Waals surface area (Å²) in [5.41, 5.74) is 3.46. The number of aromatic nitrogens is 2. The number of nitro benzene ring substituents is 1. The molecule has 3 aromatic rings. The molecular weight excluding hydrogens is 375 g/mol. The molecule has 29 heavy (non-hydrogen) atoms. The number of amides is 1. The average molecular weight is 396 g/mol. The normalized spacial score (nSPS) is 10.8. The molecule has 0 atom stereocenters. The Bertz CT molecular complexity index is 1060. The smallest absolute Gasteiger partial charge is 0.274 e. The van der Waals surface area contributed by atoms with E-state index in [2.05, 4.69) is 5.10 Å². The van der Waals surface area contributed by atoms with Crippen LogP contribution in [0.1, 0.15) is 22.5 Å². The number of nitrogens with zero attached hydrogens (tertiary/aromatic N) is 4. The zero-order valence-corrected chi connectivity index (χ0v) is 16.4. The molecule has 7 nitrogen and oxygen atoms in total. The van der Waals surface area contributed by atoms with Gasteiger partial charge in [0.05, 0.1) is 29.3 Å². The van der Waals surface area contributed by atoms with Crippen LogP contribution in [0.3, 0.4) is 0 Å². The van der Waals surface area contributed by atoms with Crippen molar-refractivity contribution in [2.24, 2.45) is 0 Å². The summed E-state index contributed by atoms with van der Waals surface area (Å²) in [5.74, 6) is -0.504. The lowest BCUT2D eigenvalue weighted by Gasteiger charge is -2.17. The number of para-hydroxylation sites is 1. The van der Waals surface area contributed by atoms with E-state index in [0.29, 0.717) is 16.9 Å². The molecule has 3 rings (SSSR count). The Balaban J connectivity index is 1.79. The van der Waals surface area contributed by atoms with E-state index in [1.165, 1.54) is 23.1 Å². The maximum absolute atomic E-state index is 13.2. The van der Waals surface area contributed by atoms with Gasteiger partial charge in [-0.3, -0.25) is 14.9 Å². The first-order chi connectivity index (χ1) is 13.8. The second kappa shape index (κ2) is 8.22. The molecule has 150 valence electrons. The molecule has 2 aromatic carbocycles. The van der Waals surface area contributed by atoms with Crippen molar-refractivity contribution in [2.45, 2.75) is 26.8 Å². The van der Waals surface area contributed by atoms with E-state index in [1.807, 2.05) is 13.8 Å². The second-order valence-corrected chi connectivity index (χ2v) is 6.85. The predicted molar refractivity (Wildman–Crippen MR) is 106 cm³/mol. The van der Waals surface area contributed by atoms with E-state index in [-0.39, 0.29) is 30.4 Å². The summed E-state index contributed by atoms with van der Waals surface area (Å²) in [5, 5.41) is 15.7. The molecule has 0 saturated carbocycles. The van der Waals surface area contributed by atoms with Crippen molar-refractivity contribution in [3.63, 3.8) is 0 Å². The number of carbonyl (C=O) groups excluding carboxylic acids is 1. The largest absolute Gasteiger partial charge is 0.341 e. The summed E-state index contributed by atoms with van der Waals surface area (Å²) >= 11 is 0. The zero-order valence-electron chi connectivity index (χ0n) is 16.4. The number of benzene rings is 2. The second-order valence-electron chi connectivity index (χ2n) is 6.85. The van der Waals surface area contributed by atoms with Gasteiger partial charge in [-0.1, -0.05) is 18.2 Å². The highest BCUT2D eigenvalue weighted by atomic mass is 19.1. The van der Waals surface area contributed by atoms with E-state index < -0.39 is 4.92 Å². The molecule has 0 fully saturated rings. The molecule has 0 aliphatic carbocycles. The molecule has 0 bridgehead atoms. The van der Waals surface area contributed by atoms with Gasteiger partial charge in [0.25, 0.3) is 5.69 Å². The van der Waals surface area contributed by atoms with Gasteiger partial charge in [0, 0.05) is 29.9 Å². The Morgan fingerprint density at radius 1 is 1.17 bits per heavy atom. The number of carbonyl (C=O) groups is 1. The maximum atomic E-state index is 13.2. The fourth-order valence-electron chi connectivity index (χ4n) is 3.22. The molecular formula is C21H21FN4O3. The van der Waals surface area contributed by atoms with Crippen LogP contribution < -0.4 is 0 Å². The van der Waals surface area contributed by atoms with Gasteiger partial charge in [-0.15, -0.1) is 0 Å². The fourth-order valence-corrected chi connectivity index (χ4v) is 3.22. The number of halogens is 1. The van der Waals surface area contributed by atoms with E-state index in [9.17, 15) is 19.3 Å². The van der Waals surface area contributed by atoms with Crippen LogP contribution in [0, 0.1) is 29.8 Å². The molecule has 8 heteroatoms. The van der Waals surface area contributed by atoms with Gasteiger partial charge in [-0.25, -0.2) is 9.07 Å². The molecule has 0 N–H and O–H groups in total. The molecule has 1 aromatic heterocycles. The molecule has 0 spiro atoms. The van der Waals surface area contributed by atoms with Crippen LogP contribution >= 0.6 is 0 Å². The number of hydrogen-bond donors (Lipinski definition) is 0. The first-order valence-electron chi connectivity index (χ1n) is 9.05. The minimum Gasteiger partial charge on any atom is -0.341 e. The van der Waals surface area contributed by atoms with Crippen LogP contribution in [0.2, 0.25) is 0 Å². The number of rotatable bonds is 6. The van der Waals surface area contributed by atoms with Crippen molar-refractivity contribution < 1.29 is 14.1 Å². The number of nitro groups is 1. The Kier molecular flexibility index (Phi) is 5.72. The van der Waals surface area contributed by atoms with Crippen molar-refractivity contribution >= 4 is 11.6 Å². The molecule has 0 aliphatic rings. The van der Waals surface area contributed by atoms with Gasteiger partial charge < -0.3 is 4.90 Å². The van der Waals surface area contributed by atoms with Crippen molar-refractivity contribution in [1.29, 1.82) is 0 Å². The topological polar surface area (TPSA) is 81.3 Å². The third-order valence-corrected chi connectivity index (χ3v) is 4.86. The van der Waals surface area contributed by atoms with Gasteiger partial charge in [0.1, 0.15) is 5.82 Å². The molecule has 1 heterocycles. The molecule has 1 amide bonds. The zero-order chi connectivity index (χ0) is 21.1. The van der Waals surface area contributed by atoms with Gasteiger partial charge in [-0.2, -0.15) is 5.10 Å². The summed E-state index contributed by atoms with van der Waals surface area (Å²) in [6.07, 6.45) is 0.121. The first-order valence-corrected chi connectivity index (χ1v) is 9.05. The molecule has 0 radical (unpaired) electrons. The van der Waals surface area contributed by atoms with Gasteiger partial charge in [0.2, 0.25) is 5.91 Å². The highest BCUT2D eigenvalue weighted by molar-refractivity contribution is 5.79. The van der Waals surface area contributed by atoms with Crippen LogP contribution in [0.25, 0.3) is 5.69 Å². The standard InChI is InChI=1S/C21H21FN4O3/c1-14-19(15(2)25(23-14)18-10-8-17(22)9-11-18)12-21(27)24(3)13-16-6-4-5-7-20(16)26(28)29/h4-11H,12-13H2,1-3H3. The van der Waals surface area contributed by atoms with E-state index in [1.54, 1.807) is 42.1 Å². The lowest BCUT2D eigenvalue weighted by atomic mass is 10.1. The third-order valence-electron chi connectivity index (χ3n) is 4.86. The van der Waals surface area contributed by atoms with Crippen LogP contribution in [0.4, 0.5) is 10.1 Å². The molecule has 0 aliphatic heterocycles. The Hall–Kier alpha value is -3.55. The number of hydrogen-bond acceptors (Lipinski definition) is 4. The SMILES string of the molecule is Cc1nn(-c2ccc(F)cc2)c(C)c1CC(=O)N(C)Cc1ccccc1[N+](=O)[O-]. The van der Waals surface area contributed by atoms with E-state index >= 15 is 0 Å². The quantitative estimate of drug-likeness (QED) is 0.470. The van der Waals surface area contributed by atoms with Gasteiger partial charge in [0.15, 0.2) is 0 Å². The lowest BCUT2D eigenvalue weighted by molar-refractivity contribution is -0.385. The Morgan fingerprint density at radius 3 is 2.48 bits per heavy atom. The average Bonchev–Trinajstić information content (AvgIpc) is 2.97. The first kappa shape index (κ1) is 20.2. The van der Waals surface area contributed by atoms with Crippen molar-refractivity contribution in [3.8, 4) is 5.69 Å². The van der Waals surface area contributed by atoms with Crippen molar-refractivity contribution in [3.05, 3.63) is 87.0 Å². The number of likely N-dealkylation sites (N-methyl/N-ethyl adjacent to an activating group) is 1. The van der Waals surface area contributed by atoms with Crippen molar-refractivity contribution in [1.82, 2.24) is 14.7 Å². The number of aryl methyl sites for hydroxylation is 1. The van der Waals surface area contributed by atoms with Crippen LogP contribution in [0.5, 0.6) is 0 Å². The van der Waals surface area contributed by atoms with Crippen molar-refractivity contribution in [2.75, 3.05) is 7.05 Å². The summed E-state index contributed by atoms with van der Waals surface area (Å²) in [6, 6.07) is 12.3. The fraction of sp³-hybridized carbons (Fsp3) is 0.238. The highest BCUT2D eigenvalue weighted by Crippen LogP contribution is 2.22. The highest BCUT2D eigenvalue weighted by Gasteiger charge is 2.20. The van der Waals surface area contributed by atoms with Gasteiger partial charge in [-0.05, 0) is 38.1 Å². The summed E-state index contributed by atoms with van der Waals surface area (Å²) in [6.45, 7) is 3.81. The minimum atomic E-state index is -0.450. The summed E-state index contributed by atoms with van der Waals surface area (Å²) < 4.78 is 14.9. The minimum absolute atomic E-state index is 0.0105. The molecule has 0 saturated heterocycles. The van der Waals surface area contributed by atoms with Crippen LogP contribution in [-0.4, -0.2) is 32.6 Å². The Labute approximate surface area is 167 Å². The van der Waals surface area contributed by atoms with E-state index in [4.69, 9.17) is 0 Å². The lowest BCUT2D eigenvalue weighted by Crippen LogP contribution is -2.28. The van der Waals surface area contributed by atoms with Crippen LogP contribution in [0.15, 0.2) is 48.5 Å². The summed E-state index contributed by atoms with van der Waals surface area (Å²) in [7, 11) is 1.62. The molecule has 0 unspecified atom stereocenters. The van der Waals surface area contributed by atoms with E-state index in [0.717, 1.165) is 11.3 Å². The summed E-state index contributed by atoms with van der Waals surface area (Å²) in [4.78, 5) is 25.0.